The average molecular weight is 435 g/mol. The maximum absolute atomic E-state index is 12.4. The summed E-state index contributed by atoms with van der Waals surface area (Å²) < 4.78 is 0. The SMILES string of the molecule is O=C(NC(=S)Nc1nc(-c2cccc3ccccc23)cs1)c1ccccc1[N+](=O)[O-]. The van der Waals surface area contributed by atoms with E-state index in [0.29, 0.717) is 5.13 Å². The van der Waals surface area contributed by atoms with Gasteiger partial charge in [-0.3, -0.25) is 20.2 Å². The number of nitrogens with one attached hydrogen (secondary N) is 2. The number of hydrogen-bond acceptors (Lipinski definition) is 6. The quantitative estimate of drug-likeness (QED) is 0.267. The summed E-state index contributed by atoms with van der Waals surface area (Å²) >= 11 is 6.52. The minimum Gasteiger partial charge on any atom is -0.308 e. The van der Waals surface area contributed by atoms with Crippen LogP contribution in [0.4, 0.5) is 10.8 Å². The lowest BCUT2D eigenvalue weighted by Gasteiger charge is -2.07. The Morgan fingerprint density at radius 3 is 2.60 bits per heavy atom. The van der Waals surface area contributed by atoms with Gasteiger partial charge in [0.05, 0.1) is 10.6 Å². The number of rotatable bonds is 4. The summed E-state index contributed by atoms with van der Waals surface area (Å²) in [6.07, 6.45) is 0. The van der Waals surface area contributed by atoms with Crippen LogP contribution in [-0.2, 0) is 0 Å². The van der Waals surface area contributed by atoms with Gasteiger partial charge in [-0.1, -0.05) is 54.6 Å². The average Bonchev–Trinajstić information content (AvgIpc) is 3.21. The van der Waals surface area contributed by atoms with E-state index in [9.17, 15) is 14.9 Å². The van der Waals surface area contributed by atoms with E-state index >= 15 is 0 Å². The summed E-state index contributed by atoms with van der Waals surface area (Å²) in [6.45, 7) is 0. The Morgan fingerprint density at radius 2 is 1.77 bits per heavy atom. The zero-order valence-corrected chi connectivity index (χ0v) is 17.0. The van der Waals surface area contributed by atoms with Crippen LogP contribution in [0.1, 0.15) is 10.4 Å². The molecule has 0 fully saturated rings. The number of benzene rings is 3. The molecule has 4 aromatic rings. The minimum atomic E-state index is -0.661. The second-order valence-electron chi connectivity index (χ2n) is 6.25. The number of nitro benzene ring substituents is 1. The first-order chi connectivity index (χ1) is 14.5. The minimum absolute atomic E-state index is 0.0111. The number of nitro groups is 1. The van der Waals surface area contributed by atoms with Crippen LogP contribution in [0.5, 0.6) is 0 Å². The Morgan fingerprint density at radius 1 is 1.03 bits per heavy atom. The number of hydrogen-bond donors (Lipinski definition) is 2. The van der Waals surface area contributed by atoms with Gasteiger partial charge in [0.1, 0.15) is 5.56 Å². The highest BCUT2D eigenvalue weighted by molar-refractivity contribution is 7.80. The molecule has 0 unspecified atom stereocenters. The van der Waals surface area contributed by atoms with Crippen LogP contribution in [0.3, 0.4) is 0 Å². The third-order valence-electron chi connectivity index (χ3n) is 4.36. The fourth-order valence-corrected chi connectivity index (χ4v) is 4.00. The molecule has 0 saturated carbocycles. The van der Waals surface area contributed by atoms with Crippen molar-refractivity contribution in [3.8, 4) is 11.3 Å². The van der Waals surface area contributed by atoms with E-state index in [1.54, 1.807) is 6.07 Å². The molecule has 0 atom stereocenters. The molecule has 0 radical (unpaired) electrons. The monoisotopic (exact) mass is 434 g/mol. The number of thiazole rings is 1. The first-order valence-corrected chi connectivity index (χ1v) is 10.1. The summed E-state index contributed by atoms with van der Waals surface area (Å²) in [5.74, 6) is -0.661. The van der Waals surface area contributed by atoms with E-state index in [1.807, 2.05) is 47.8 Å². The van der Waals surface area contributed by atoms with Gasteiger partial charge in [0, 0.05) is 17.0 Å². The first-order valence-electron chi connectivity index (χ1n) is 8.82. The molecule has 1 amide bonds. The van der Waals surface area contributed by atoms with Gasteiger partial charge < -0.3 is 5.32 Å². The second-order valence-corrected chi connectivity index (χ2v) is 7.51. The van der Waals surface area contributed by atoms with Crippen LogP contribution in [0.2, 0.25) is 0 Å². The van der Waals surface area contributed by atoms with E-state index in [0.717, 1.165) is 22.0 Å². The summed E-state index contributed by atoms with van der Waals surface area (Å²) in [7, 11) is 0. The Balaban J connectivity index is 1.50. The molecule has 1 aromatic heterocycles. The van der Waals surface area contributed by atoms with E-state index < -0.39 is 10.8 Å². The van der Waals surface area contributed by atoms with Crippen molar-refractivity contribution in [2.24, 2.45) is 0 Å². The lowest BCUT2D eigenvalue weighted by Crippen LogP contribution is -2.34. The van der Waals surface area contributed by atoms with Crippen LogP contribution in [-0.4, -0.2) is 20.9 Å². The molecule has 4 rings (SSSR count). The maximum Gasteiger partial charge on any atom is 0.282 e. The van der Waals surface area contributed by atoms with Crippen molar-refractivity contribution in [3.63, 3.8) is 0 Å². The molecular weight excluding hydrogens is 420 g/mol. The van der Waals surface area contributed by atoms with Crippen LogP contribution >= 0.6 is 23.6 Å². The van der Waals surface area contributed by atoms with Gasteiger partial charge in [-0.2, -0.15) is 0 Å². The zero-order valence-electron chi connectivity index (χ0n) is 15.4. The number of carbonyl (C=O) groups is 1. The topological polar surface area (TPSA) is 97.2 Å². The summed E-state index contributed by atoms with van der Waals surface area (Å²) in [4.78, 5) is 27.4. The normalized spacial score (nSPS) is 10.5. The fraction of sp³-hybridized carbons (Fsp3) is 0. The smallest absolute Gasteiger partial charge is 0.282 e. The van der Waals surface area contributed by atoms with Crippen LogP contribution in [0, 0.1) is 10.1 Å². The molecule has 0 spiro atoms. The number of thiocarbonyl (C=S) groups is 1. The summed E-state index contributed by atoms with van der Waals surface area (Å²) in [5.41, 5.74) is 1.42. The number of aromatic nitrogens is 1. The van der Waals surface area contributed by atoms with Crippen molar-refractivity contribution in [2.45, 2.75) is 0 Å². The molecule has 0 bridgehead atoms. The van der Waals surface area contributed by atoms with Gasteiger partial charge in [0.2, 0.25) is 0 Å². The molecule has 0 aliphatic heterocycles. The van der Waals surface area contributed by atoms with Gasteiger partial charge in [-0.15, -0.1) is 11.3 Å². The van der Waals surface area contributed by atoms with Gasteiger partial charge in [-0.25, -0.2) is 4.98 Å². The molecule has 2 N–H and O–H groups in total. The number of carbonyl (C=O) groups excluding carboxylic acids is 1. The molecule has 0 saturated heterocycles. The van der Waals surface area contributed by atoms with E-state index in [2.05, 4.69) is 15.6 Å². The lowest BCUT2D eigenvalue weighted by molar-refractivity contribution is -0.385. The highest BCUT2D eigenvalue weighted by atomic mass is 32.1. The number of fused-ring (bicyclic) bond motifs is 1. The van der Waals surface area contributed by atoms with Crippen molar-refractivity contribution in [2.75, 3.05) is 5.32 Å². The second kappa shape index (κ2) is 8.36. The molecule has 3 aromatic carbocycles. The highest BCUT2D eigenvalue weighted by Gasteiger charge is 2.20. The Labute approximate surface area is 180 Å². The van der Waals surface area contributed by atoms with Gasteiger partial charge in [0.15, 0.2) is 10.2 Å². The summed E-state index contributed by atoms with van der Waals surface area (Å²) in [6, 6.07) is 19.7. The molecular formula is C21H14N4O3S2. The van der Waals surface area contributed by atoms with Gasteiger partial charge in [-0.05, 0) is 29.1 Å². The number of nitrogens with zero attached hydrogens (tertiary/aromatic N) is 2. The maximum atomic E-state index is 12.4. The molecule has 7 nitrogen and oxygen atoms in total. The van der Waals surface area contributed by atoms with Gasteiger partial charge >= 0.3 is 0 Å². The third kappa shape index (κ3) is 4.02. The van der Waals surface area contributed by atoms with E-state index in [1.165, 1.54) is 29.5 Å². The molecule has 0 aliphatic rings. The van der Waals surface area contributed by atoms with Crippen molar-refractivity contribution >= 4 is 56.2 Å². The fourth-order valence-electron chi connectivity index (χ4n) is 3.03. The van der Waals surface area contributed by atoms with Crippen LogP contribution in [0.15, 0.2) is 72.1 Å². The largest absolute Gasteiger partial charge is 0.308 e. The van der Waals surface area contributed by atoms with Crippen LogP contribution < -0.4 is 10.6 Å². The first kappa shape index (κ1) is 19.6. The van der Waals surface area contributed by atoms with Crippen LogP contribution in [0.25, 0.3) is 22.0 Å². The zero-order chi connectivity index (χ0) is 21.1. The molecule has 1 heterocycles. The molecule has 30 heavy (non-hydrogen) atoms. The van der Waals surface area contributed by atoms with Crippen molar-refractivity contribution < 1.29 is 9.72 Å². The Hall–Kier alpha value is -3.69. The highest BCUT2D eigenvalue weighted by Crippen LogP contribution is 2.31. The molecule has 0 aliphatic carbocycles. The predicted octanol–water partition coefficient (Wildman–Crippen LogP) is 5.00. The predicted molar refractivity (Wildman–Crippen MR) is 122 cm³/mol. The van der Waals surface area contributed by atoms with E-state index in [4.69, 9.17) is 12.2 Å². The molecule has 9 heteroatoms. The Bertz CT molecular complexity index is 1280. The van der Waals surface area contributed by atoms with Crippen molar-refractivity contribution in [1.82, 2.24) is 10.3 Å². The third-order valence-corrected chi connectivity index (χ3v) is 5.32. The number of anilines is 1. The molecule has 148 valence electrons. The van der Waals surface area contributed by atoms with Gasteiger partial charge in [0.25, 0.3) is 11.6 Å². The van der Waals surface area contributed by atoms with Crippen molar-refractivity contribution in [3.05, 3.63) is 87.8 Å². The number of amides is 1. The van der Waals surface area contributed by atoms with Crippen molar-refractivity contribution in [1.29, 1.82) is 0 Å². The van der Waals surface area contributed by atoms with E-state index in [-0.39, 0.29) is 16.4 Å². The summed E-state index contributed by atoms with van der Waals surface area (Å²) in [5, 5.41) is 21.0. The lowest BCUT2D eigenvalue weighted by atomic mass is 10.0. The Kier molecular flexibility index (Phi) is 5.46. The standard InChI is InChI=1S/C21H14N4O3S2/c26-19(16-9-3-4-11-18(16)25(27)28)23-20(29)24-21-22-17(12-30-21)15-10-5-7-13-6-1-2-8-14(13)15/h1-12H,(H2,22,23,24,26,29). The number of para-hydroxylation sites is 1.